The molecule has 1 N–H and O–H groups in total. The Morgan fingerprint density at radius 1 is 1.35 bits per heavy atom. The van der Waals surface area contributed by atoms with Crippen molar-refractivity contribution in [3.8, 4) is 0 Å². The summed E-state index contributed by atoms with van der Waals surface area (Å²) in [6.45, 7) is 0.434. The van der Waals surface area contributed by atoms with E-state index in [4.69, 9.17) is 4.74 Å². The van der Waals surface area contributed by atoms with Gasteiger partial charge in [0.25, 0.3) is 0 Å². The van der Waals surface area contributed by atoms with Crippen molar-refractivity contribution in [3.63, 3.8) is 0 Å². The van der Waals surface area contributed by atoms with Crippen LogP contribution in [0.4, 0.5) is 0 Å². The third-order valence-electron chi connectivity index (χ3n) is 4.03. The summed E-state index contributed by atoms with van der Waals surface area (Å²) < 4.78 is 4.90. The molecule has 1 aromatic rings. The van der Waals surface area contributed by atoms with E-state index in [1.165, 1.54) is 7.11 Å². The SMILES string of the molecule is COC(=O)C12/C=C\C=C/c3ccccc3[C@@H]1CNC2=O. The number of hydrogen-bond acceptors (Lipinski definition) is 3. The lowest BCUT2D eigenvalue weighted by Crippen LogP contribution is -2.41. The number of carbonyl (C=O) groups excluding carboxylic acids is 2. The quantitative estimate of drug-likeness (QED) is 0.623. The summed E-state index contributed by atoms with van der Waals surface area (Å²) in [6, 6.07) is 7.80. The van der Waals surface area contributed by atoms with Crippen molar-refractivity contribution >= 4 is 18.0 Å². The molecule has 1 amide bonds. The second-order valence-electron chi connectivity index (χ2n) is 4.97. The summed E-state index contributed by atoms with van der Waals surface area (Å²) in [5.74, 6) is -1.06. The van der Waals surface area contributed by atoms with Crippen LogP contribution in [0.15, 0.2) is 42.5 Å². The number of carbonyl (C=O) groups is 2. The lowest BCUT2D eigenvalue weighted by molar-refractivity contribution is -0.154. The first-order valence-corrected chi connectivity index (χ1v) is 6.51. The van der Waals surface area contributed by atoms with Crippen molar-refractivity contribution < 1.29 is 14.3 Å². The summed E-state index contributed by atoms with van der Waals surface area (Å²) in [7, 11) is 1.31. The molecule has 4 nitrogen and oxygen atoms in total. The normalized spacial score (nSPS) is 30.2. The fourth-order valence-corrected chi connectivity index (χ4v) is 3.03. The van der Waals surface area contributed by atoms with Crippen molar-refractivity contribution in [3.05, 3.63) is 53.6 Å². The van der Waals surface area contributed by atoms with Crippen LogP contribution in [0.3, 0.4) is 0 Å². The summed E-state index contributed by atoms with van der Waals surface area (Å²) >= 11 is 0. The first-order chi connectivity index (χ1) is 9.70. The van der Waals surface area contributed by atoms with Crippen LogP contribution in [0.1, 0.15) is 17.0 Å². The van der Waals surface area contributed by atoms with Gasteiger partial charge in [-0.05, 0) is 11.1 Å². The molecule has 0 spiro atoms. The van der Waals surface area contributed by atoms with Crippen LogP contribution in [0, 0.1) is 5.41 Å². The number of amides is 1. The van der Waals surface area contributed by atoms with Crippen LogP contribution in [0.5, 0.6) is 0 Å². The van der Waals surface area contributed by atoms with Crippen LogP contribution in [-0.2, 0) is 14.3 Å². The molecule has 0 saturated carbocycles. The maximum absolute atomic E-state index is 12.3. The Morgan fingerprint density at radius 2 is 2.15 bits per heavy atom. The van der Waals surface area contributed by atoms with E-state index < -0.39 is 11.4 Å². The molecule has 0 radical (unpaired) electrons. The highest BCUT2D eigenvalue weighted by molar-refractivity contribution is 6.08. The van der Waals surface area contributed by atoms with Crippen LogP contribution in [0.25, 0.3) is 6.08 Å². The molecular weight excluding hydrogens is 254 g/mol. The van der Waals surface area contributed by atoms with E-state index in [1.54, 1.807) is 12.2 Å². The lowest BCUT2D eigenvalue weighted by Gasteiger charge is -2.28. The summed E-state index contributed by atoms with van der Waals surface area (Å²) in [5, 5.41) is 2.80. The number of esters is 1. The molecule has 1 fully saturated rings. The zero-order valence-corrected chi connectivity index (χ0v) is 11.1. The van der Waals surface area contributed by atoms with Crippen molar-refractivity contribution in [1.29, 1.82) is 0 Å². The van der Waals surface area contributed by atoms with E-state index in [2.05, 4.69) is 5.32 Å². The molecular formula is C16H15NO3. The van der Waals surface area contributed by atoms with Gasteiger partial charge in [-0.25, -0.2) is 0 Å². The highest BCUT2D eigenvalue weighted by atomic mass is 16.5. The first-order valence-electron chi connectivity index (χ1n) is 6.51. The zero-order valence-electron chi connectivity index (χ0n) is 11.1. The van der Waals surface area contributed by atoms with Gasteiger partial charge in [0.15, 0.2) is 5.41 Å². The fraction of sp³-hybridized carbons (Fsp3) is 0.250. The Kier molecular flexibility index (Phi) is 2.93. The Balaban J connectivity index is 2.25. The lowest BCUT2D eigenvalue weighted by atomic mass is 9.71. The molecule has 1 unspecified atom stereocenters. The molecule has 1 aromatic carbocycles. The van der Waals surface area contributed by atoms with E-state index in [9.17, 15) is 9.59 Å². The second-order valence-corrected chi connectivity index (χ2v) is 4.97. The average Bonchev–Trinajstić information content (AvgIpc) is 2.78. The number of allylic oxidation sites excluding steroid dienone is 2. The van der Waals surface area contributed by atoms with Gasteiger partial charge >= 0.3 is 5.97 Å². The third-order valence-corrected chi connectivity index (χ3v) is 4.03. The smallest absolute Gasteiger partial charge is 0.326 e. The molecule has 1 aliphatic heterocycles. The molecule has 1 aliphatic carbocycles. The van der Waals surface area contributed by atoms with Crippen molar-refractivity contribution in [1.82, 2.24) is 5.32 Å². The van der Waals surface area contributed by atoms with Gasteiger partial charge in [0.1, 0.15) is 0 Å². The number of ether oxygens (including phenoxy) is 1. The maximum atomic E-state index is 12.3. The van der Waals surface area contributed by atoms with Crippen LogP contribution >= 0.6 is 0 Å². The number of methoxy groups -OCH3 is 1. The van der Waals surface area contributed by atoms with Crippen LogP contribution in [-0.4, -0.2) is 25.5 Å². The largest absolute Gasteiger partial charge is 0.468 e. The number of fused-ring (bicyclic) bond motifs is 3. The molecule has 3 rings (SSSR count). The fourth-order valence-electron chi connectivity index (χ4n) is 3.03. The van der Waals surface area contributed by atoms with Gasteiger partial charge in [-0.15, -0.1) is 0 Å². The Morgan fingerprint density at radius 3 is 2.95 bits per heavy atom. The maximum Gasteiger partial charge on any atom is 0.326 e. The topological polar surface area (TPSA) is 55.4 Å². The Labute approximate surface area is 117 Å². The standard InChI is InChI=1S/C16H15NO3/c1-20-15(19)16-9-5-4-7-11-6-2-3-8-12(11)13(16)10-17-14(16)18/h2-9,13H,10H2,1H3,(H,17,18)/b7-4-,9-5-/t13-,16?/m0/s1. The van der Waals surface area contributed by atoms with Gasteiger partial charge in [0.05, 0.1) is 7.11 Å². The van der Waals surface area contributed by atoms with Crippen molar-refractivity contribution in [2.75, 3.05) is 13.7 Å². The minimum absolute atomic E-state index is 0.250. The van der Waals surface area contributed by atoms with Crippen LogP contribution < -0.4 is 5.32 Å². The average molecular weight is 269 g/mol. The summed E-state index contributed by atoms with van der Waals surface area (Å²) in [5.41, 5.74) is 0.735. The monoisotopic (exact) mass is 269 g/mol. The van der Waals surface area contributed by atoms with Gasteiger partial charge in [-0.3, -0.25) is 9.59 Å². The third kappa shape index (κ3) is 1.61. The predicted molar refractivity (Wildman–Crippen MR) is 74.8 cm³/mol. The molecule has 102 valence electrons. The minimum atomic E-state index is -1.27. The van der Waals surface area contributed by atoms with Crippen molar-refractivity contribution in [2.45, 2.75) is 5.92 Å². The van der Waals surface area contributed by atoms with Gasteiger partial charge in [-0.2, -0.15) is 0 Å². The number of rotatable bonds is 1. The molecule has 1 saturated heterocycles. The van der Waals surface area contributed by atoms with Gasteiger partial charge in [-0.1, -0.05) is 48.6 Å². The van der Waals surface area contributed by atoms with E-state index in [0.717, 1.165) is 11.1 Å². The second kappa shape index (κ2) is 4.63. The Bertz CT molecular complexity index is 632. The molecule has 1 heterocycles. The minimum Gasteiger partial charge on any atom is -0.468 e. The van der Waals surface area contributed by atoms with Gasteiger partial charge in [0.2, 0.25) is 5.91 Å². The summed E-state index contributed by atoms with van der Waals surface area (Å²) in [6.07, 6.45) is 7.21. The van der Waals surface area contributed by atoms with Gasteiger partial charge in [0, 0.05) is 12.5 Å². The van der Waals surface area contributed by atoms with E-state index in [-0.39, 0.29) is 11.8 Å². The first kappa shape index (κ1) is 12.7. The Hall–Kier alpha value is -2.36. The molecule has 4 heteroatoms. The van der Waals surface area contributed by atoms with Crippen LogP contribution in [0.2, 0.25) is 0 Å². The zero-order chi connectivity index (χ0) is 14.2. The van der Waals surface area contributed by atoms with E-state index in [0.29, 0.717) is 6.54 Å². The molecule has 0 aromatic heterocycles. The van der Waals surface area contributed by atoms with E-state index >= 15 is 0 Å². The molecule has 2 atom stereocenters. The number of benzene rings is 1. The highest BCUT2D eigenvalue weighted by Crippen LogP contribution is 2.44. The molecule has 0 bridgehead atoms. The van der Waals surface area contributed by atoms with Gasteiger partial charge < -0.3 is 10.1 Å². The van der Waals surface area contributed by atoms with Crippen molar-refractivity contribution in [2.24, 2.45) is 5.41 Å². The van der Waals surface area contributed by atoms with E-state index in [1.807, 2.05) is 36.4 Å². The highest BCUT2D eigenvalue weighted by Gasteiger charge is 2.56. The number of nitrogens with one attached hydrogen (secondary N) is 1. The molecule has 20 heavy (non-hydrogen) atoms. The molecule has 2 aliphatic rings. The summed E-state index contributed by atoms with van der Waals surface area (Å²) in [4.78, 5) is 24.6. The predicted octanol–water partition coefficient (Wildman–Crippen LogP) is 1.64. The number of hydrogen-bond donors (Lipinski definition) is 1.